The van der Waals surface area contributed by atoms with E-state index < -0.39 is 0 Å². The first-order chi connectivity index (χ1) is 9.79. The SMILES string of the molecule is O=C(CSCc1ccccc1)Nc1ccccc1CO. The van der Waals surface area contributed by atoms with Gasteiger partial charge in [0.25, 0.3) is 0 Å². The zero-order valence-corrected chi connectivity index (χ0v) is 11.9. The van der Waals surface area contributed by atoms with Crippen LogP contribution in [-0.4, -0.2) is 16.8 Å². The van der Waals surface area contributed by atoms with Gasteiger partial charge in [0.15, 0.2) is 0 Å². The number of rotatable bonds is 6. The zero-order chi connectivity index (χ0) is 14.2. The van der Waals surface area contributed by atoms with Gasteiger partial charge >= 0.3 is 0 Å². The molecule has 4 heteroatoms. The summed E-state index contributed by atoms with van der Waals surface area (Å²) in [6, 6.07) is 17.3. The van der Waals surface area contributed by atoms with Crippen LogP contribution in [0.25, 0.3) is 0 Å². The Bertz CT molecular complexity index is 557. The highest BCUT2D eigenvalue weighted by Gasteiger charge is 2.06. The number of aliphatic hydroxyl groups is 1. The molecule has 0 aliphatic rings. The number of carbonyl (C=O) groups is 1. The molecule has 2 N–H and O–H groups in total. The van der Waals surface area contributed by atoms with Gasteiger partial charge in [-0.1, -0.05) is 48.5 Å². The molecule has 20 heavy (non-hydrogen) atoms. The van der Waals surface area contributed by atoms with Gasteiger partial charge in [-0.3, -0.25) is 4.79 Å². The Morgan fingerprint density at radius 2 is 1.75 bits per heavy atom. The number of carbonyl (C=O) groups excluding carboxylic acids is 1. The standard InChI is InChI=1S/C16H17NO2S/c18-10-14-8-4-5-9-15(14)17-16(19)12-20-11-13-6-2-1-3-7-13/h1-9,18H,10-12H2,(H,17,19). The third kappa shape index (κ3) is 4.40. The number of aliphatic hydroxyl groups excluding tert-OH is 1. The van der Waals surface area contributed by atoms with Gasteiger partial charge in [0.1, 0.15) is 0 Å². The second kappa shape index (κ2) is 7.72. The number of hydrogen-bond donors (Lipinski definition) is 2. The van der Waals surface area contributed by atoms with Crippen molar-refractivity contribution >= 4 is 23.4 Å². The van der Waals surface area contributed by atoms with Crippen molar-refractivity contribution in [2.75, 3.05) is 11.1 Å². The second-order valence-electron chi connectivity index (χ2n) is 4.34. The van der Waals surface area contributed by atoms with Crippen LogP contribution in [0, 0.1) is 0 Å². The first kappa shape index (κ1) is 14.6. The molecule has 2 aromatic carbocycles. The Morgan fingerprint density at radius 3 is 2.50 bits per heavy atom. The number of hydrogen-bond acceptors (Lipinski definition) is 3. The molecule has 0 unspecified atom stereocenters. The predicted molar refractivity (Wildman–Crippen MR) is 83.6 cm³/mol. The minimum absolute atomic E-state index is 0.0492. The molecule has 0 aliphatic carbocycles. The summed E-state index contributed by atoms with van der Waals surface area (Å²) in [5, 5.41) is 12.0. The first-order valence-corrected chi connectivity index (χ1v) is 7.55. The van der Waals surface area contributed by atoms with E-state index in [1.807, 2.05) is 42.5 Å². The molecule has 0 heterocycles. The van der Waals surface area contributed by atoms with Crippen LogP contribution in [0.5, 0.6) is 0 Å². The fourth-order valence-corrected chi connectivity index (χ4v) is 2.59. The van der Waals surface area contributed by atoms with Crippen molar-refractivity contribution in [3.8, 4) is 0 Å². The van der Waals surface area contributed by atoms with Gasteiger partial charge in [0.05, 0.1) is 12.4 Å². The summed E-state index contributed by atoms with van der Waals surface area (Å²) >= 11 is 1.57. The third-order valence-corrected chi connectivity index (χ3v) is 3.81. The van der Waals surface area contributed by atoms with Crippen LogP contribution in [0.15, 0.2) is 54.6 Å². The molecular weight excluding hydrogens is 270 g/mol. The molecule has 0 bridgehead atoms. The molecule has 0 radical (unpaired) electrons. The number of nitrogens with one attached hydrogen (secondary N) is 1. The van der Waals surface area contributed by atoms with Gasteiger partial charge in [0.2, 0.25) is 5.91 Å². The normalized spacial score (nSPS) is 10.2. The van der Waals surface area contributed by atoms with E-state index in [0.717, 1.165) is 11.3 Å². The van der Waals surface area contributed by atoms with Crippen LogP contribution in [-0.2, 0) is 17.2 Å². The van der Waals surface area contributed by atoms with Crippen LogP contribution in [0.3, 0.4) is 0 Å². The summed E-state index contributed by atoms with van der Waals surface area (Å²) in [5.74, 6) is 1.16. The lowest BCUT2D eigenvalue weighted by molar-refractivity contribution is -0.113. The van der Waals surface area contributed by atoms with Crippen LogP contribution in [0.4, 0.5) is 5.69 Å². The number of amides is 1. The van der Waals surface area contributed by atoms with Crippen molar-refractivity contribution in [3.63, 3.8) is 0 Å². The van der Waals surface area contributed by atoms with Crippen LogP contribution < -0.4 is 5.32 Å². The van der Waals surface area contributed by atoms with Crippen molar-refractivity contribution in [1.82, 2.24) is 0 Å². The highest BCUT2D eigenvalue weighted by atomic mass is 32.2. The van der Waals surface area contributed by atoms with Crippen molar-refractivity contribution < 1.29 is 9.90 Å². The average Bonchev–Trinajstić information content (AvgIpc) is 2.49. The molecule has 0 fully saturated rings. The van der Waals surface area contributed by atoms with Crippen LogP contribution in [0.1, 0.15) is 11.1 Å². The van der Waals surface area contributed by atoms with E-state index >= 15 is 0 Å². The molecular formula is C16H17NO2S. The van der Waals surface area contributed by atoms with E-state index in [4.69, 9.17) is 0 Å². The van der Waals surface area contributed by atoms with E-state index in [0.29, 0.717) is 11.4 Å². The van der Waals surface area contributed by atoms with Gasteiger partial charge in [-0.05, 0) is 11.6 Å². The summed E-state index contributed by atoms with van der Waals surface area (Å²) in [5.41, 5.74) is 2.62. The molecule has 0 aromatic heterocycles. The average molecular weight is 287 g/mol. The number of thioether (sulfide) groups is 1. The van der Waals surface area contributed by atoms with Crippen molar-refractivity contribution in [2.24, 2.45) is 0 Å². The van der Waals surface area contributed by atoms with Crippen LogP contribution in [0.2, 0.25) is 0 Å². The second-order valence-corrected chi connectivity index (χ2v) is 5.33. The van der Waals surface area contributed by atoms with Gasteiger partial charge < -0.3 is 10.4 Å². The quantitative estimate of drug-likeness (QED) is 0.858. The maximum absolute atomic E-state index is 11.9. The maximum atomic E-state index is 11.9. The topological polar surface area (TPSA) is 49.3 Å². The predicted octanol–water partition coefficient (Wildman–Crippen LogP) is 3.05. The Kier molecular flexibility index (Phi) is 5.65. The lowest BCUT2D eigenvalue weighted by atomic mass is 10.2. The molecule has 0 spiro atoms. The summed E-state index contributed by atoms with van der Waals surface area (Å²) in [6.45, 7) is -0.0758. The van der Waals surface area contributed by atoms with Crippen molar-refractivity contribution in [3.05, 3.63) is 65.7 Å². The minimum atomic E-state index is -0.0758. The fourth-order valence-electron chi connectivity index (χ4n) is 1.80. The molecule has 2 rings (SSSR count). The molecule has 0 saturated heterocycles. The summed E-state index contributed by atoms with van der Waals surface area (Å²) in [7, 11) is 0. The molecule has 2 aromatic rings. The first-order valence-electron chi connectivity index (χ1n) is 6.40. The molecule has 0 saturated carbocycles. The van der Waals surface area contributed by atoms with E-state index in [1.165, 1.54) is 5.56 Å². The van der Waals surface area contributed by atoms with E-state index in [2.05, 4.69) is 5.32 Å². The summed E-state index contributed by atoms with van der Waals surface area (Å²) < 4.78 is 0. The lowest BCUT2D eigenvalue weighted by Gasteiger charge is -2.09. The maximum Gasteiger partial charge on any atom is 0.234 e. The lowest BCUT2D eigenvalue weighted by Crippen LogP contribution is -2.15. The Balaban J connectivity index is 1.81. The van der Waals surface area contributed by atoms with Crippen molar-refractivity contribution in [1.29, 1.82) is 0 Å². The fraction of sp³-hybridized carbons (Fsp3) is 0.188. The number of benzene rings is 2. The number of para-hydroxylation sites is 1. The summed E-state index contributed by atoms with van der Waals surface area (Å²) in [4.78, 5) is 11.9. The highest BCUT2D eigenvalue weighted by Crippen LogP contribution is 2.16. The monoisotopic (exact) mass is 287 g/mol. The highest BCUT2D eigenvalue weighted by molar-refractivity contribution is 7.99. The van der Waals surface area contributed by atoms with E-state index in [9.17, 15) is 9.90 Å². The Hall–Kier alpha value is -1.78. The molecule has 104 valence electrons. The Morgan fingerprint density at radius 1 is 1.05 bits per heavy atom. The smallest absolute Gasteiger partial charge is 0.234 e. The Labute approximate surface area is 123 Å². The van der Waals surface area contributed by atoms with E-state index in [1.54, 1.807) is 23.9 Å². The van der Waals surface area contributed by atoms with Gasteiger partial charge in [-0.25, -0.2) is 0 Å². The largest absolute Gasteiger partial charge is 0.392 e. The number of anilines is 1. The van der Waals surface area contributed by atoms with E-state index in [-0.39, 0.29) is 12.5 Å². The van der Waals surface area contributed by atoms with Gasteiger partial charge in [-0.15, -0.1) is 11.8 Å². The molecule has 3 nitrogen and oxygen atoms in total. The molecule has 1 amide bonds. The summed E-state index contributed by atoms with van der Waals surface area (Å²) in [6.07, 6.45) is 0. The van der Waals surface area contributed by atoms with Gasteiger partial charge in [0, 0.05) is 17.0 Å². The molecule has 0 atom stereocenters. The zero-order valence-electron chi connectivity index (χ0n) is 11.1. The van der Waals surface area contributed by atoms with Gasteiger partial charge in [-0.2, -0.15) is 0 Å². The third-order valence-electron chi connectivity index (χ3n) is 2.81. The van der Waals surface area contributed by atoms with Crippen molar-refractivity contribution in [2.45, 2.75) is 12.4 Å². The van der Waals surface area contributed by atoms with Crippen LogP contribution >= 0.6 is 11.8 Å². The minimum Gasteiger partial charge on any atom is -0.392 e. The molecule has 0 aliphatic heterocycles.